The second kappa shape index (κ2) is 6.41. The van der Waals surface area contributed by atoms with Crippen molar-refractivity contribution in [3.05, 3.63) is 24.3 Å². The van der Waals surface area contributed by atoms with Crippen LogP contribution in [0, 0.1) is 0 Å². The summed E-state index contributed by atoms with van der Waals surface area (Å²) in [6.07, 6.45) is 1.95. The molecule has 0 aliphatic carbocycles. The Bertz CT molecular complexity index is 436. The van der Waals surface area contributed by atoms with Crippen molar-refractivity contribution in [3.8, 4) is 0 Å². The van der Waals surface area contributed by atoms with Gasteiger partial charge >= 0.3 is 0 Å². The monoisotopic (exact) mass is 280 g/mol. The van der Waals surface area contributed by atoms with Gasteiger partial charge in [0.1, 0.15) is 6.04 Å². The van der Waals surface area contributed by atoms with Gasteiger partial charge in [-0.15, -0.1) is 11.8 Å². The van der Waals surface area contributed by atoms with E-state index in [0.717, 1.165) is 12.2 Å². The average molecular weight is 280 g/mol. The molecule has 4 nitrogen and oxygen atoms in total. The van der Waals surface area contributed by atoms with Crippen molar-refractivity contribution in [2.45, 2.75) is 24.0 Å². The lowest BCUT2D eigenvalue weighted by Crippen LogP contribution is -2.55. The van der Waals surface area contributed by atoms with Crippen LogP contribution in [-0.2, 0) is 9.53 Å². The number of thioether (sulfide) groups is 1. The Kier molecular flexibility index (Phi) is 4.85. The van der Waals surface area contributed by atoms with Crippen molar-refractivity contribution in [2.24, 2.45) is 0 Å². The van der Waals surface area contributed by atoms with Crippen molar-refractivity contribution in [1.82, 2.24) is 5.32 Å². The van der Waals surface area contributed by atoms with Gasteiger partial charge in [-0.2, -0.15) is 0 Å². The number of benzene rings is 1. The first-order valence-corrected chi connectivity index (χ1v) is 7.62. The molecule has 1 aliphatic rings. The summed E-state index contributed by atoms with van der Waals surface area (Å²) >= 11 is 1.69. The summed E-state index contributed by atoms with van der Waals surface area (Å²) in [4.78, 5) is 15.3. The Morgan fingerprint density at radius 1 is 1.42 bits per heavy atom. The van der Waals surface area contributed by atoms with E-state index in [4.69, 9.17) is 4.74 Å². The van der Waals surface area contributed by atoms with Crippen LogP contribution in [0.25, 0.3) is 0 Å². The predicted octanol–water partition coefficient (Wildman–Crippen LogP) is 1.75. The number of carbonyl (C=O) groups excluding carboxylic acids is 1. The number of morpholine rings is 1. The van der Waals surface area contributed by atoms with Gasteiger partial charge in [0.25, 0.3) is 0 Å². The maximum atomic E-state index is 12.4. The first-order valence-electron chi connectivity index (χ1n) is 6.40. The van der Waals surface area contributed by atoms with E-state index in [9.17, 15) is 4.79 Å². The van der Waals surface area contributed by atoms with E-state index in [1.807, 2.05) is 37.4 Å². The fourth-order valence-electron chi connectivity index (χ4n) is 2.15. The molecule has 1 heterocycles. The number of rotatable bonds is 3. The van der Waals surface area contributed by atoms with Crippen LogP contribution in [0.4, 0.5) is 5.69 Å². The van der Waals surface area contributed by atoms with Gasteiger partial charge in [-0.3, -0.25) is 4.79 Å². The highest BCUT2D eigenvalue weighted by molar-refractivity contribution is 7.98. The summed E-state index contributed by atoms with van der Waals surface area (Å²) in [7, 11) is 1.80. The van der Waals surface area contributed by atoms with Crippen LogP contribution in [0.15, 0.2) is 29.2 Å². The maximum absolute atomic E-state index is 12.4. The molecule has 5 heteroatoms. The fraction of sp³-hybridized carbons (Fsp3) is 0.500. The lowest BCUT2D eigenvalue weighted by atomic mass is 10.1. The third-order valence-electron chi connectivity index (χ3n) is 3.37. The minimum atomic E-state index is -0.265. The lowest BCUT2D eigenvalue weighted by molar-refractivity contribution is -0.126. The fourth-order valence-corrected chi connectivity index (χ4v) is 2.56. The smallest absolute Gasteiger partial charge is 0.246 e. The van der Waals surface area contributed by atoms with Gasteiger partial charge in [-0.1, -0.05) is 0 Å². The van der Waals surface area contributed by atoms with Crippen molar-refractivity contribution in [3.63, 3.8) is 0 Å². The second-order valence-electron chi connectivity index (χ2n) is 4.60. The number of nitrogens with one attached hydrogen (secondary N) is 1. The quantitative estimate of drug-likeness (QED) is 0.857. The van der Waals surface area contributed by atoms with Crippen LogP contribution in [0.2, 0.25) is 0 Å². The highest BCUT2D eigenvalue weighted by Crippen LogP contribution is 2.21. The number of carbonyl (C=O) groups is 1. The summed E-state index contributed by atoms with van der Waals surface area (Å²) in [5, 5.41) is 3.22. The minimum absolute atomic E-state index is 0.0455. The molecular weight excluding hydrogens is 260 g/mol. The van der Waals surface area contributed by atoms with Gasteiger partial charge in [-0.05, 0) is 37.4 Å². The van der Waals surface area contributed by atoms with E-state index in [2.05, 4.69) is 5.32 Å². The number of amides is 1. The summed E-state index contributed by atoms with van der Waals surface area (Å²) in [5.74, 6) is 0.0455. The normalized spacial score (nSPS) is 23.1. The number of hydrogen-bond acceptors (Lipinski definition) is 4. The Morgan fingerprint density at radius 3 is 2.68 bits per heavy atom. The first kappa shape index (κ1) is 14.4. The van der Waals surface area contributed by atoms with E-state index >= 15 is 0 Å². The maximum Gasteiger partial charge on any atom is 0.246 e. The number of hydrogen-bond donors (Lipinski definition) is 1. The highest BCUT2D eigenvalue weighted by atomic mass is 32.2. The largest absolute Gasteiger partial charge is 0.375 e. The minimum Gasteiger partial charge on any atom is -0.375 e. The van der Waals surface area contributed by atoms with E-state index in [1.165, 1.54) is 4.90 Å². The van der Waals surface area contributed by atoms with Crippen LogP contribution in [0.3, 0.4) is 0 Å². The molecule has 0 spiro atoms. The standard InChI is InChI=1S/C14H20N2O2S/c1-10-13(15-8-9-18-10)14(17)16(2)11-4-6-12(19-3)7-5-11/h4-7,10,13,15H,8-9H2,1-3H3/t10-,13+/m1/s1. The van der Waals surface area contributed by atoms with Gasteiger partial charge in [-0.25, -0.2) is 0 Å². The van der Waals surface area contributed by atoms with Gasteiger partial charge in [0.2, 0.25) is 5.91 Å². The predicted molar refractivity (Wildman–Crippen MR) is 78.8 cm³/mol. The van der Waals surface area contributed by atoms with Gasteiger partial charge < -0.3 is 15.0 Å². The van der Waals surface area contributed by atoms with Crippen LogP contribution in [0.5, 0.6) is 0 Å². The molecule has 1 fully saturated rings. The van der Waals surface area contributed by atoms with Crippen LogP contribution >= 0.6 is 11.8 Å². The first-order chi connectivity index (χ1) is 9.13. The van der Waals surface area contributed by atoms with E-state index in [1.54, 1.807) is 23.7 Å². The van der Waals surface area contributed by atoms with Crippen LogP contribution < -0.4 is 10.2 Å². The highest BCUT2D eigenvalue weighted by Gasteiger charge is 2.30. The van der Waals surface area contributed by atoms with Gasteiger partial charge in [0, 0.05) is 24.2 Å². The average Bonchev–Trinajstić information content (AvgIpc) is 2.46. The molecule has 0 bridgehead atoms. The molecule has 0 aromatic heterocycles. The van der Waals surface area contributed by atoms with E-state index in [-0.39, 0.29) is 18.1 Å². The molecule has 0 unspecified atom stereocenters. The SMILES string of the molecule is CSc1ccc(N(C)C(=O)[C@H]2NCCO[C@@H]2C)cc1. The zero-order chi connectivity index (χ0) is 13.8. The Balaban J connectivity index is 2.08. The Labute approximate surface area is 118 Å². The molecule has 2 rings (SSSR count). The van der Waals surface area contributed by atoms with Crippen molar-refractivity contribution in [1.29, 1.82) is 0 Å². The third-order valence-corrected chi connectivity index (χ3v) is 4.12. The molecule has 1 saturated heterocycles. The molecular formula is C14H20N2O2S. The molecule has 1 N–H and O–H groups in total. The molecule has 0 saturated carbocycles. The Morgan fingerprint density at radius 2 is 2.11 bits per heavy atom. The van der Waals surface area contributed by atoms with Crippen molar-refractivity contribution in [2.75, 3.05) is 31.4 Å². The summed E-state index contributed by atoms with van der Waals surface area (Å²) in [6.45, 7) is 3.32. The molecule has 1 aromatic carbocycles. The van der Waals surface area contributed by atoms with Crippen LogP contribution in [-0.4, -0.2) is 44.5 Å². The molecule has 2 atom stereocenters. The molecule has 19 heavy (non-hydrogen) atoms. The number of anilines is 1. The zero-order valence-corrected chi connectivity index (χ0v) is 12.4. The molecule has 104 valence electrons. The summed E-state index contributed by atoms with van der Waals surface area (Å²) in [5.41, 5.74) is 0.905. The topological polar surface area (TPSA) is 41.6 Å². The van der Waals surface area contributed by atoms with E-state index < -0.39 is 0 Å². The number of ether oxygens (including phenoxy) is 1. The molecule has 0 radical (unpaired) electrons. The third kappa shape index (κ3) is 3.29. The van der Waals surface area contributed by atoms with Crippen LogP contribution in [0.1, 0.15) is 6.92 Å². The van der Waals surface area contributed by atoms with E-state index in [0.29, 0.717) is 6.61 Å². The lowest BCUT2D eigenvalue weighted by Gasteiger charge is -2.32. The van der Waals surface area contributed by atoms with Crippen molar-refractivity contribution >= 4 is 23.4 Å². The number of nitrogens with zero attached hydrogens (tertiary/aromatic N) is 1. The molecule has 1 aromatic rings. The number of likely N-dealkylation sites (N-methyl/N-ethyl adjacent to an activating group) is 1. The Hall–Kier alpha value is -1.04. The summed E-state index contributed by atoms with van der Waals surface area (Å²) < 4.78 is 5.52. The van der Waals surface area contributed by atoms with Gasteiger partial charge in [0.05, 0.1) is 12.7 Å². The van der Waals surface area contributed by atoms with Crippen molar-refractivity contribution < 1.29 is 9.53 Å². The molecule has 1 aliphatic heterocycles. The second-order valence-corrected chi connectivity index (χ2v) is 5.48. The van der Waals surface area contributed by atoms with Gasteiger partial charge in [0.15, 0.2) is 0 Å². The summed E-state index contributed by atoms with van der Waals surface area (Å²) in [6, 6.07) is 7.73. The molecule has 1 amide bonds. The zero-order valence-electron chi connectivity index (χ0n) is 11.6.